The molecule has 39 heavy (non-hydrogen) atoms. The summed E-state index contributed by atoms with van der Waals surface area (Å²) in [7, 11) is 0. The van der Waals surface area contributed by atoms with Crippen molar-refractivity contribution in [1.29, 1.82) is 5.26 Å². The van der Waals surface area contributed by atoms with Crippen molar-refractivity contribution in [2.24, 2.45) is 0 Å². The molecular weight excluding hydrogens is 512 g/mol. The number of benzene rings is 1. The fourth-order valence-corrected chi connectivity index (χ4v) is 4.49. The van der Waals surface area contributed by atoms with Gasteiger partial charge in [0.15, 0.2) is 6.29 Å². The molecule has 12 heteroatoms. The number of carbonyl (C=O) groups is 2. The van der Waals surface area contributed by atoms with Crippen molar-refractivity contribution in [3.8, 4) is 6.07 Å². The lowest BCUT2D eigenvalue weighted by Gasteiger charge is -2.39. The number of hydrogen-bond acceptors (Lipinski definition) is 12. The summed E-state index contributed by atoms with van der Waals surface area (Å²) in [5.74, 6) is -2.39. The van der Waals surface area contributed by atoms with E-state index in [1.54, 1.807) is 38.1 Å². The number of aliphatic hydroxyl groups is 4. The highest BCUT2D eigenvalue weighted by molar-refractivity contribution is 6.00. The Morgan fingerprint density at radius 2 is 1.69 bits per heavy atom. The van der Waals surface area contributed by atoms with E-state index in [1.807, 2.05) is 0 Å². The number of rotatable bonds is 9. The average Bonchev–Trinajstić information content (AvgIpc) is 2.89. The third kappa shape index (κ3) is 6.54. The van der Waals surface area contributed by atoms with E-state index in [2.05, 4.69) is 18.0 Å². The zero-order valence-electron chi connectivity index (χ0n) is 21.8. The lowest BCUT2D eigenvalue weighted by Crippen LogP contribution is -2.59. The first-order chi connectivity index (χ1) is 18.5. The number of allylic oxidation sites excluding steroid dienone is 3. The second-order valence-electron chi connectivity index (χ2n) is 9.13. The van der Waals surface area contributed by atoms with Gasteiger partial charge in [-0.1, -0.05) is 24.8 Å². The first-order valence-electron chi connectivity index (χ1n) is 12.2. The van der Waals surface area contributed by atoms with E-state index in [-0.39, 0.29) is 35.7 Å². The predicted octanol–water partition coefficient (Wildman–Crippen LogP) is 0.230. The molecule has 2 heterocycles. The summed E-state index contributed by atoms with van der Waals surface area (Å²) < 4.78 is 21.3. The Labute approximate surface area is 225 Å². The molecule has 5 N–H and O–H groups in total. The number of ether oxygens (including phenoxy) is 4. The van der Waals surface area contributed by atoms with Crippen LogP contribution in [0.5, 0.6) is 0 Å². The van der Waals surface area contributed by atoms with Gasteiger partial charge in [0, 0.05) is 11.4 Å². The molecule has 1 unspecified atom stereocenters. The summed E-state index contributed by atoms with van der Waals surface area (Å²) in [5.41, 5.74) is 1.66. The van der Waals surface area contributed by atoms with Gasteiger partial charge in [-0.05, 0) is 32.4 Å². The standard InChI is InChI=1S/C27H32N2O10/c1-13(2)38-26(35)20-15(4)29-14(3)19(21(20)17-8-6-5-7-16(17)11-28)25(34)36-9-10-37-27-24(33)23(32)22(31)18(12-30)39-27/h5-8,18,21-24,27,29-33H,1,9-10,12H2,2-4H3/t18-,21?,22-,23+,24-,27-/m1/s1. The normalized spacial score (nSPS) is 26.9. The summed E-state index contributed by atoms with van der Waals surface area (Å²) in [6.45, 7) is 7.19. The third-order valence-electron chi connectivity index (χ3n) is 6.31. The Morgan fingerprint density at radius 3 is 2.31 bits per heavy atom. The van der Waals surface area contributed by atoms with Gasteiger partial charge in [0.1, 0.15) is 31.0 Å². The quantitative estimate of drug-likeness (QED) is 0.162. The van der Waals surface area contributed by atoms with Crippen LogP contribution in [0, 0.1) is 11.3 Å². The maximum absolute atomic E-state index is 13.4. The highest BCUT2D eigenvalue weighted by atomic mass is 16.7. The number of aliphatic hydroxyl groups excluding tert-OH is 4. The predicted molar refractivity (Wildman–Crippen MR) is 134 cm³/mol. The minimum Gasteiger partial charge on any atom is -0.460 e. The van der Waals surface area contributed by atoms with Crippen molar-refractivity contribution >= 4 is 11.9 Å². The zero-order chi connectivity index (χ0) is 28.9. The molecule has 0 saturated carbocycles. The molecule has 0 aromatic heterocycles. The molecular formula is C27H32N2O10. The molecule has 2 aliphatic rings. The molecule has 3 rings (SSSR count). The SMILES string of the molecule is C=C(C)OC(=O)C1=C(C)NC(C)=C(C(=O)OCCO[C@@H]2O[C@H](CO)[C@@H](O)[C@H](O)[C@H]2O)C1c1ccccc1C#N. The second-order valence-corrected chi connectivity index (χ2v) is 9.13. The number of nitriles is 1. The van der Waals surface area contributed by atoms with Crippen LogP contribution < -0.4 is 5.32 Å². The van der Waals surface area contributed by atoms with Crippen LogP contribution >= 0.6 is 0 Å². The molecule has 1 saturated heterocycles. The van der Waals surface area contributed by atoms with Crippen LogP contribution in [0.1, 0.15) is 37.8 Å². The third-order valence-corrected chi connectivity index (χ3v) is 6.31. The number of carbonyl (C=O) groups excluding carboxylic acids is 2. The summed E-state index contributed by atoms with van der Waals surface area (Å²) in [5, 5.41) is 51.9. The number of nitrogens with zero attached hydrogens (tertiary/aromatic N) is 1. The van der Waals surface area contributed by atoms with Gasteiger partial charge < -0.3 is 44.7 Å². The van der Waals surface area contributed by atoms with Crippen LogP contribution in [-0.2, 0) is 28.5 Å². The molecule has 0 radical (unpaired) electrons. The van der Waals surface area contributed by atoms with Crippen LogP contribution in [0.15, 0.2) is 59.1 Å². The number of nitrogens with one attached hydrogen (secondary N) is 1. The first kappa shape index (κ1) is 30.0. The highest BCUT2D eigenvalue weighted by Gasteiger charge is 2.44. The van der Waals surface area contributed by atoms with Gasteiger partial charge >= 0.3 is 11.9 Å². The number of hydrogen-bond donors (Lipinski definition) is 5. The van der Waals surface area contributed by atoms with Crippen molar-refractivity contribution in [2.45, 2.75) is 57.4 Å². The minimum atomic E-state index is -1.61. The fourth-order valence-electron chi connectivity index (χ4n) is 4.49. The van der Waals surface area contributed by atoms with E-state index in [4.69, 9.17) is 18.9 Å². The maximum Gasteiger partial charge on any atom is 0.341 e. The van der Waals surface area contributed by atoms with Gasteiger partial charge in [-0.3, -0.25) is 0 Å². The van der Waals surface area contributed by atoms with Crippen LogP contribution in [0.4, 0.5) is 0 Å². The van der Waals surface area contributed by atoms with Crippen LogP contribution in [0.25, 0.3) is 0 Å². The molecule has 0 aliphatic carbocycles. The molecule has 1 fully saturated rings. The highest BCUT2D eigenvalue weighted by Crippen LogP contribution is 2.40. The van der Waals surface area contributed by atoms with Crippen LogP contribution in [-0.4, -0.2) is 82.9 Å². The van der Waals surface area contributed by atoms with Gasteiger partial charge in [-0.25, -0.2) is 9.59 Å². The fraction of sp³-hybridized carbons (Fsp3) is 0.444. The van der Waals surface area contributed by atoms with Crippen molar-refractivity contribution in [3.63, 3.8) is 0 Å². The molecule has 6 atom stereocenters. The Bertz CT molecular complexity index is 1220. The maximum atomic E-state index is 13.4. The molecule has 0 spiro atoms. The molecule has 1 aromatic carbocycles. The van der Waals surface area contributed by atoms with E-state index in [0.717, 1.165) is 0 Å². The van der Waals surface area contributed by atoms with Gasteiger partial charge in [0.25, 0.3) is 0 Å². The Kier molecular flexibility index (Phi) is 9.98. The minimum absolute atomic E-state index is 0.0739. The Balaban J connectivity index is 1.81. The van der Waals surface area contributed by atoms with Crippen LogP contribution in [0.3, 0.4) is 0 Å². The Morgan fingerprint density at radius 1 is 1.05 bits per heavy atom. The average molecular weight is 545 g/mol. The number of esters is 2. The molecule has 12 nitrogen and oxygen atoms in total. The van der Waals surface area contributed by atoms with E-state index in [1.165, 1.54) is 6.92 Å². The smallest absolute Gasteiger partial charge is 0.341 e. The topological polar surface area (TPSA) is 188 Å². The zero-order valence-corrected chi connectivity index (χ0v) is 21.8. The second kappa shape index (κ2) is 13.0. The van der Waals surface area contributed by atoms with E-state index in [0.29, 0.717) is 17.0 Å². The Hall–Kier alpha value is -3.57. The van der Waals surface area contributed by atoms with Gasteiger partial charge in [-0.2, -0.15) is 5.26 Å². The first-order valence-corrected chi connectivity index (χ1v) is 12.2. The van der Waals surface area contributed by atoms with Gasteiger partial charge in [0.05, 0.1) is 47.7 Å². The van der Waals surface area contributed by atoms with Crippen molar-refractivity contribution < 1.29 is 49.0 Å². The number of dihydropyridines is 1. The van der Waals surface area contributed by atoms with E-state index < -0.39 is 55.2 Å². The molecule has 1 aromatic rings. The molecule has 210 valence electrons. The lowest BCUT2D eigenvalue weighted by atomic mass is 9.79. The van der Waals surface area contributed by atoms with Gasteiger partial charge in [0.2, 0.25) is 0 Å². The monoisotopic (exact) mass is 544 g/mol. The summed E-state index contributed by atoms with van der Waals surface area (Å²) in [6.07, 6.45) is -7.29. The molecule has 2 aliphatic heterocycles. The van der Waals surface area contributed by atoms with Gasteiger partial charge in [-0.15, -0.1) is 0 Å². The van der Waals surface area contributed by atoms with Crippen molar-refractivity contribution in [1.82, 2.24) is 5.32 Å². The van der Waals surface area contributed by atoms with E-state index in [9.17, 15) is 35.3 Å². The summed E-state index contributed by atoms with van der Waals surface area (Å²) >= 11 is 0. The van der Waals surface area contributed by atoms with Crippen molar-refractivity contribution in [3.05, 3.63) is 70.3 Å². The molecule has 0 bridgehead atoms. The summed E-state index contributed by atoms with van der Waals surface area (Å²) in [6, 6.07) is 8.64. The van der Waals surface area contributed by atoms with Crippen molar-refractivity contribution in [2.75, 3.05) is 19.8 Å². The van der Waals surface area contributed by atoms with E-state index >= 15 is 0 Å². The lowest BCUT2D eigenvalue weighted by molar-refractivity contribution is -0.302. The molecule has 0 amide bonds. The van der Waals surface area contributed by atoms with Crippen LogP contribution in [0.2, 0.25) is 0 Å². The largest absolute Gasteiger partial charge is 0.460 e. The summed E-state index contributed by atoms with van der Waals surface area (Å²) in [4.78, 5) is 26.5.